The lowest BCUT2D eigenvalue weighted by Gasteiger charge is -2.41. The van der Waals surface area contributed by atoms with E-state index in [0.29, 0.717) is 5.91 Å². The summed E-state index contributed by atoms with van der Waals surface area (Å²) in [5, 5.41) is 3.15. The second kappa shape index (κ2) is 10.4. The molecule has 0 radical (unpaired) electrons. The number of nitrogens with one attached hydrogen (secondary N) is 1. The van der Waals surface area contributed by atoms with Crippen LogP contribution in [0.15, 0.2) is 24.3 Å². The van der Waals surface area contributed by atoms with Crippen molar-refractivity contribution in [2.24, 2.45) is 5.41 Å². The van der Waals surface area contributed by atoms with Gasteiger partial charge in [0.2, 0.25) is 11.8 Å². The quantitative estimate of drug-likeness (QED) is 0.530. The first-order chi connectivity index (χ1) is 15.6. The molecule has 1 aromatic rings. The highest BCUT2D eigenvalue weighted by molar-refractivity contribution is 6.00. The van der Waals surface area contributed by atoms with Gasteiger partial charge in [0.25, 0.3) is 0 Å². The summed E-state index contributed by atoms with van der Waals surface area (Å²) < 4.78 is 0. The molecule has 1 N–H and O–H groups in total. The Kier molecular flexibility index (Phi) is 7.55. The topological polar surface area (TPSA) is 52.7 Å². The van der Waals surface area contributed by atoms with Gasteiger partial charge in [-0.3, -0.25) is 14.5 Å². The molecule has 0 aromatic heterocycles. The van der Waals surface area contributed by atoms with Crippen LogP contribution in [0.25, 0.3) is 0 Å². The third-order valence-corrected chi connectivity index (χ3v) is 7.93. The number of rotatable bonds is 10. The average Bonchev–Trinajstić information content (AvgIpc) is 3.62. The molecule has 3 fully saturated rings. The normalized spacial score (nSPS) is 21.8. The van der Waals surface area contributed by atoms with E-state index < -0.39 is 0 Å². The van der Waals surface area contributed by atoms with Crippen LogP contribution >= 0.6 is 0 Å². The Hall–Kier alpha value is -1.88. The zero-order chi connectivity index (χ0) is 22.6. The first kappa shape index (κ1) is 23.3. The van der Waals surface area contributed by atoms with Gasteiger partial charge in [-0.15, -0.1) is 0 Å². The fourth-order valence-corrected chi connectivity index (χ4v) is 5.52. The van der Waals surface area contributed by atoms with Crippen LogP contribution in [0.1, 0.15) is 89.5 Å². The molecule has 1 atom stereocenters. The van der Waals surface area contributed by atoms with Crippen LogP contribution in [-0.2, 0) is 9.59 Å². The summed E-state index contributed by atoms with van der Waals surface area (Å²) in [5.74, 6) is 1.22. The van der Waals surface area contributed by atoms with E-state index in [-0.39, 0.29) is 17.4 Å². The van der Waals surface area contributed by atoms with Crippen molar-refractivity contribution in [1.82, 2.24) is 10.2 Å². The summed E-state index contributed by atoms with van der Waals surface area (Å²) >= 11 is 0. The van der Waals surface area contributed by atoms with Crippen LogP contribution < -0.4 is 10.2 Å². The fraction of sp³-hybridized carbons (Fsp3) is 0.704. The molecule has 0 bridgehead atoms. The lowest BCUT2D eigenvalue weighted by Crippen LogP contribution is -2.53. The predicted molar refractivity (Wildman–Crippen MR) is 130 cm³/mol. The van der Waals surface area contributed by atoms with Crippen molar-refractivity contribution < 1.29 is 9.59 Å². The minimum atomic E-state index is -0.236. The highest BCUT2D eigenvalue weighted by atomic mass is 16.2. The molecule has 5 heteroatoms. The Bertz CT molecular complexity index is 779. The van der Waals surface area contributed by atoms with E-state index in [4.69, 9.17) is 0 Å². The number of piperidine rings is 1. The molecule has 2 aliphatic heterocycles. The lowest BCUT2D eigenvalue weighted by atomic mass is 9.76. The standard InChI is InChI=1S/C27H41N3O2/c1-3-5-7-24(25(31)28-17-6-4-2)29-18-14-27(15-19-29)16-20-30(26(27)32)23-12-10-22(11-13-23)21-8-9-21/h10-13,21,24H,3-9,14-20H2,1-2H3,(H,28,31)/t24-/m0/s1. The molecule has 5 nitrogen and oxygen atoms in total. The Balaban J connectivity index is 1.36. The molecule has 1 saturated carbocycles. The van der Waals surface area contributed by atoms with Crippen molar-refractivity contribution in [2.75, 3.05) is 31.1 Å². The Labute approximate surface area is 193 Å². The SMILES string of the molecule is CCCCNC(=O)[C@H](CCCC)N1CCC2(CCN(c3ccc(C4CC4)cc3)C2=O)CC1. The van der Waals surface area contributed by atoms with Gasteiger partial charge in [0.15, 0.2) is 0 Å². The Morgan fingerprint density at radius 3 is 2.31 bits per heavy atom. The Morgan fingerprint density at radius 2 is 1.69 bits per heavy atom. The number of benzene rings is 1. The molecule has 1 aromatic carbocycles. The van der Waals surface area contributed by atoms with Gasteiger partial charge in [-0.25, -0.2) is 0 Å². The van der Waals surface area contributed by atoms with Gasteiger partial charge < -0.3 is 10.2 Å². The smallest absolute Gasteiger partial charge is 0.237 e. The van der Waals surface area contributed by atoms with Crippen LogP contribution in [0, 0.1) is 5.41 Å². The molecular formula is C27H41N3O2. The fourth-order valence-electron chi connectivity index (χ4n) is 5.52. The first-order valence-electron chi connectivity index (χ1n) is 13.0. The number of amides is 2. The molecule has 176 valence electrons. The molecule has 3 aliphatic rings. The lowest BCUT2D eigenvalue weighted by molar-refractivity contribution is -0.131. The van der Waals surface area contributed by atoms with Gasteiger partial charge in [0, 0.05) is 18.8 Å². The largest absolute Gasteiger partial charge is 0.355 e. The minimum absolute atomic E-state index is 0.0493. The summed E-state index contributed by atoms with van der Waals surface area (Å²) in [6.07, 6.45) is 10.5. The number of likely N-dealkylation sites (tertiary alicyclic amines) is 1. The summed E-state index contributed by atoms with van der Waals surface area (Å²) in [6, 6.07) is 8.65. The van der Waals surface area contributed by atoms with Gasteiger partial charge >= 0.3 is 0 Å². The van der Waals surface area contributed by atoms with Crippen molar-refractivity contribution in [2.45, 2.75) is 90.0 Å². The summed E-state index contributed by atoms with van der Waals surface area (Å²) in [7, 11) is 0. The van der Waals surface area contributed by atoms with Gasteiger partial charge in [0.1, 0.15) is 0 Å². The van der Waals surface area contributed by atoms with E-state index in [1.807, 2.05) is 4.90 Å². The third kappa shape index (κ3) is 5.03. The highest BCUT2D eigenvalue weighted by Crippen LogP contribution is 2.45. The van der Waals surface area contributed by atoms with Crippen molar-refractivity contribution in [3.05, 3.63) is 29.8 Å². The van der Waals surface area contributed by atoms with E-state index in [1.54, 1.807) is 0 Å². The van der Waals surface area contributed by atoms with Crippen molar-refractivity contribution in [3.63, 3.8) is 0 Å². The zero-order valence-corrected chi connectivity index (χ0v) is 20.1. The first-order valence-corrected chi connectivity index (χ1v) is 13.0. The second-order valence-electron chi connectivity index (χ2n) is 10.2. The maximum absolute atomic E-state index is 13.5. The van der Waals surface area contributed by atoms with E-state index in [9.17, 15) is 9.59 Å². The van der Waals surface area contributed by atoms with Gasteiger partial charge in [-0.2, -0.15) is 0 Å². The summed E-state index contributed by atoms with van der Waals surface area (Å²) in [5.41, 5.74) is 2.23. The van der Waals surface area contributed by atoms with Crippen molar-refractivity contribution in [1.29, 1.82) is 0 Å². The molecule has 0 unspecified atom stereocenters. The molecular weight excluding hydrogens is 398 g/mol. The van der Waals surface area contributed by atoms with E-state index in [2.05, 4.69) is 48.3 Å². The molecule has 2 amide bonds. The predicted octanol–water partition coefficient (Wildman–Crippen LogP) is 4.86. The summed E-state index contributed by atoms with van der Waals surface area (Å²) in [6.45, 7) is 7.60. The maximum atomic E-state index is 13.5. The third-order valence-electron chi connectivity index (χ3n) is 7.93. The number of hydrogen-bond donors (Lipinski definition) is 1. The van der Waals surface area contributed by atoms with E-state index in [1.165, 1.54) is 18.4 Å². The van der Waals surface area contributed by atoms with Gasteiger partial charge in [0.05, 0.1) is 11.5 Å². The second-order valence-corrected chi connectivity index (χ2v) is 10.2. The molecule has 2 saturated heterocycles. The van der Waals surface area contributed by atoms with Crippen molar-refractivity contribution >= 4 is 17.5 Å². The van der Waals surface area contributed by atoms with E-state index in [0.717, 1.165) is 89.2 Å². The number of carbonyl (C=O) groups is 2. The maximum Gasteiger partial charge on any atom is 0.237 e. The number of carbonyl (C=O) groups excluding carboxylic acids is 2. The van der Waals surface area contributed by atoms with Crippen LogP contribution in [0.3, 0.4) is 0 Å². The van der Waals surface area contributed by atoms with Crippen LogP contribution in [0.5, 0.6) is 0 Å². The molecule has 32 heavy (non-hydrogen) atoms. The number of anilines is 1. The molecule has 2 heterocycles. The number of nitrogens with zero attached hydrogens (tertiary/aromatic N) is 2. The highest BCUT2D eigenvalue weighted by Gasteiger charge is 2.49. The zero-order valence-electron chi connectivity index (χ0n) is 20.1. The average molecular weight is 440 g/mol. The van der Waals surface area contributed by atoms with Gasteiger partial charge in [-0.05, 0) is 81.6 Å². The van der Waals surface area contributed by atoms with Crippen LogP contribution in [0.2, 0.25) is 0 Å². The molecule has 1 aliphatic carbocycles. The molecule has 1 spiro atoms. The van der Waals surface area contributed by atoms with Crippen LogP contribution in [0.4, 0.5) is 5.69 Å². The van der Waals surface area contributed by atoms with Crippen molar-refractivity contribution in [3.8, 4) is 0 Å². The van der Waals surface area contributed by atoms with Crippen LogP contribution in [-0.4, -0.2) is 48.9 Å². The molecule has 4 rings (SSSR count). The summed E-state index contributed by atoms with van der Waals surface area (Å²) in [4.78, 5) is 30.8. The number of unbranched alkanes of at least 4 members (excludes halogenated alkanes) is 2. The monoisotopic (exact) mass is 439 g/mol. The van der Waals surface area contributed by atoms with E-state index >= 15 is 0 Å². The van der Waals surface area contributed by atoms with Gasteiger partial charge in [-0.1, -0.05) is 45.2 Å². The Morgan fingerprint density at radius 1 is 1.03 bits per heavy atom. The number of hydrogen-bond acceptors (Lipinski definition) is 3. The minimum Gasteiger partial charge on any atom is -0.355 e.